The van der Waals surface area contributed by atoms with Gasteiger partial charge in [0, 0.05) is 28.1 Å². The molecule has 1 unspecified atom stereocenters. The molecule has 0 spiro atoms. The van der Waals surface area contributed by atoms with Gasteiger partial charge in [-0.05, 0) is 40.0 Å². The summed E-state index contributed by atoms with van der Waals surface area (Å²) in [6.07, 6.45) is 5.89. The summed E-state index contributed by atoms with van der Waals surface area (Å²) in [6.45, 7) is 0.267. The zero-order chi connectivity index (χ0) is 14.2. The van der Waals surface area contributed by atoms with Crippen LogP contribution in [-0.2, 0) is 16.6 Å². The molecule has 2 aromatic heterocycles. The number of nitrogens with zero attached hydrogens (tertiary/aromatic N) is 1. The number of rotatable bonds is 4. The van der Waals surface area contributed by atoms with Gasteiger partial charge in [0.25, 0.3) is 0 Å². The highest BCUT2D eigenvalue weighted by Crippen LogP contribution is 2.38. The van der Waals surface area contributed by atoms with E-state index in [0.29, 0.717) is 6.42 Å². The molecule has 3 rings (SSSR count). The second-order valence-corrected chi connectivity index (χ2v) is 9.24. The maximum atomic E-state index is 12.2. The quantitative estimate of drug-likeness (QED) is 0.863. The Morgan fingerprint density at radius 3 is 3.15 bits per heavy atom. The molecule has 0 fully saturated rings. The molecule has 5 nitrogen and oxygen atoms in total. The first-order chi connectivity index (χ1) is 9.56. The minimum absolute atomic E-state index is 0.267. The van der Waals surface area contributed by atoms with Gasteiger partial charge in [-0.15, -0.1) is 0 Å². The molecule has 0 amide bonds. The lowest BCUT2D eigenvalue weighted by Crippen LogP contribution is -2.30. The standard InChI is InChI=1S/C12H12BrN3O2S2/c13-10-3-4-11(19-10)20(17,18)16-7-8-6-15-12-9(8)2-1-5-14-12/h1-3,5-6,11,16H,4,7H2,(H,14,15). The van der Waals surface area contributed by atoms with Gasteiger partial charge in [-0.3, -0.25) is 0 Å². The Bertz CT molecular complexity index is 770. The average molecular weight is 374 g/mol. The van der Waals surface area contributed by atoms with Crippen LogP contribution in [-0.4, -0.2) is 23.0 Å². The Morgan fingerprint density at radius 1 is 1.55 bits per heavy atom. The van der Waals surface area contributed by atoms with Crippen molar-refractivity contribution in [2.45, 2.75) is 17.5 Å². The summed E-state index contributed by atoms with van der Waals surface area (Å²) in [5, 5.41) is 0.939. The molecule has 0 bridgehead atoms. The number of hydrogen-bond acceptors (Lipinski definition) is 4. The van der Waals surface area contributed by atoms with Gasteiger partial charge in [0.05, 0.1) is 0 Å². The third kappa shape index (κ3) is 2.78. The number of H-pyrrole nitrogens is 1. The maximum Gasteiger partial charge on any atom is 0.224 e. The van der Waals surface area contributed by atoms with Crippen LogP contribution in [0.1, 0.15) is 12.0 Å². The molecule has 1 aliphatic heterocycles. The van der Waals surface area contributed by atoms with E-state index in [0.717, 1.165) is 20.4 Å². The van der Waals surface area contributed by atoms with Crippen LogP contribution in [0, 0.1) is 0 Å². The van der Waals surface area contributed by atoms with Gasteiger partial charge in [0.15, 0.2) is 0 Å². The van der Waals surface area contributed by atoms with Gasteiger partial charge in [-0.25, -0.2) is 18.1 Å². The minimum Gasteiger partial charge on any atom is -0.346 e. The van der Waals surface area contributed by atoms with Crippen molar-refractivity contribution in [3.63, 3.8) is 0 Å². The summed E-state index contributed by atoms with van der Waals surface area (Å²) < 4.78 is 27.5. The third-order valence-corrected chi connectivity index (χ3v) is 7.27. The molecule has 2 aromatic rings. The van der Waals surface area contributed by atoms with E-state index in [4.69, 9.17) is 0 Å². The van der Waals surface area contributed by atoms with Crippen LogP contribution in [0.25, 0.3) is 11.0 Å². The topological polar surface area (TPSA) is 74.8 Å². The highest BCUT2D eigenvalue weighted by Gasteiger charge is 2.29. The first-order valence-corrected chi connectivity index (χ1v) is 9.20. The molecule has 20 heavy (non-hydrogen) atoms. The van der Waals surface area contributed by atoms with Crippen molar-refractivity contribution in [3.05, 3.63) is 40.0 Å². The average Bonchev–Trinajstić information content (AvgIpc) is 3.03. The van der Waals surface area contributed by atoms with E-state index in [1.54, 1.807) is 12.4 Å². The SMILES string of the molecule is O=S(=O)(NCc1c[nH]c2ncccc12)C1CC=C(Br)S1. The van der Waals surface area contributed by atoms with Gasteiger partial charge < -0.3 is 4.98 Å². The zero-order valence-electron chi connectivity index (χ0n) is 10.3. The Balaban J connectivity index is 1.73. The Hall–Kier alpha value is -0.830. The first-order valence-electron chi connectivity index (χ1n) is 5.98. The Morgan fingerprint density at radius 2 is 2.40 bits per heavy atom. The molecule has 0 aromatic carbocycles. The summed E-state index contributed by atoms with van der Waals surface area (Å²) in [5.74, 6) is 0. The third-order valence-electron chi connectivity index (χ3n) is 3.06. The summed E-state index contributed by atoms with van der Waals surface area (Å²) in [5.41, 5.74) is 1.66. The fourth-order valence-corrected chi connectivity index (χ4v) is 5.82. The number of pyridine rings is 1. The highest BCUT2D eigenvalue weighted by molar-refractivity contribution is 9.14. The lowest BCUT2D eigenvalue weighted by molar-refractivity contribution is 0.578. The van der Waals surface area contributed by atoms with Crippen LogP contribution in [0.5, 0.6) is 0 Å². The molecule has 3 heterocycles. The number of thioether (sulfide) groups is 1. The van der Waals surface area contributed by atoms with Crippen molar-refractivity contribution in [2.75, 3.05) is 0 Å². The van der Waals surface area contributed by atoms with Crippen LogP contribution in [0.2, 0.25) is 0 Å². The summed E-state index contributed by atoms with van der Waals surface area (Å²) >= 11 is 4.63. The number of sulfonamides is 1. The number of hydrogen-bond donors (Lipinski definition) is 2. The van der Waals surface area contributed by atoms with E-state index in [1.165, 1.54) is 11.8 Å². The van der Waals surface area contributed by atoms with E-state index in [-0.39, 0.29) is 6.54 Å². The van der Waals surface area contributed by atoms with E-state index >= 15 is 0 Å². The van der Waals surface area contributed by atoms with Crippen molar-refractivity contribution >= 4 is 48.7 Å². The highest BCUT2D eigenvalue weighted by atomic mass is 79.9. The number of fused-ring (bicyclic) bond motifs is 1. The molecule has 0 aliphatic carbocycles. The van der Waals surface area contributed by atoms with Crippen molar-refractivity contribution in [2.24, 2.45) is 0 Å². The molecule has 1 aliphatic rings. The van der Waals surface area contributed by atoms with Gasteiger partial charge >= 0.3 is 0 Å². The van der Waals surface area contributed by atoms with Gasteiger partial charge in [0.2, 0.25) is 10.0 Å². The smallest absolute Gasteiger partial charge is 0.224 e. The summed E-state index contributed by atoms with van der Waals surface area (Å²) in [4.78, 5) is 7.21. The molecule has 0 saturated carbocycles. The van der Waals surface area contributed by atoms with E-state index in [2.05, 4.69) is 30.6 Å². The molecule has 106 valence electrons. The van der Waals surface area contributed by atoms with Crippen LogP contribution < -0.4 is 4.72 Å². The van der Waals surface area contributed by atoms with Crippen molar-refractivity contribution in [3.8, 4) is 0 Å². The molecular weight excluding hydrogens is 362 g/mol. The monoisotopic (exact) mass is 373 g/mol. The Labute approximate surface area is 129 Å². The van der Waals surface area contributed by atoms with Crippen molar-refractivity contribution in [1.82, 2.24) is 14.7 Å². The predicted octanol–water partition coefficient (Wildman–Crippen LogP) is 2.68. The largest absolute Gasteiger partial charge is 0.346 e. The van der Waals surface area contributed by atoms with Crippen LogP contribution in [0.15, 0.2) is 34.4 Å². The number of aromatic nitrogens is 2. The second kappa shape index (κ2) is 5.51. The number of nitrogens with one attached hydrogen (secondary N) is 2. The fourth-order valence-electron chi connectivity index (χ4n) is 2.03. The van der Waals surface area contributed by atoms with Gasteiger partial charge in [-0.1, -0.05) is 17.8 Å². The number of allylic oxidation sites excluding steroid dienone is 1. The second-order valence-electron chi connectivity index (χ2n) is 4.37. The normalized spacial score (nSPS) is 19.4. The van der Waals surface area contributed by atoms with Gasteiger partial charge in [-0.2, -0.15) is 0 Å². The van der Waals surface area contributed by atoms with Crippen molar-refractivity contribution in [1.29, 1.82) is 0 Å². The summed E-state index contributed by atoms with van der Waals surface area (Å²) in [6, 6.07) is 3.76. The first kappa shape index (κ1) is 14.1. The molecule has 1 atom stereocenters. The molecule has 0 radical (unpaired) electrons. The minimum atomic E-state index is -3.34. The van der Waals surface area contributed by atoms with Crippen LogP contribution >= 0.6 is 27.7 Å². The van der Waals surface area contributed by atoms with E-state index in [1.807, 2.05) is 18.2 Å². The maximum absolute atomic E-state index is 12.2. The molecule has 8 heteroatoms. The molecular formula is C12H12BrN3O2S2. The molecule has 0 saturated heterocycles. The van der Waals surface area contributed by atoms with Crippen LogP contribution in [0.3, 0.4) is 0 Å². The summed E-state index contributed by atoms with van der Waals surface area (Å²) in [7, 11) is -3.34. The van der Waals surface area contributed by atoms with Crippen LogP contribution in [0.4, 0.5) is 0 Å². The number of aromatic amines is 1. The lowest BCUT2D eigenvalue weighted by atomic mass is 10.2. The van der Waals surface area contributed by atoms with E-state index in [9.17, 15) is 8.42 Å². The van der Waals surface area contributed by atoms with Gasteiger partial charge in [0.1, 0.15) is 10.2 Å². The zero-order valence-corrected chi connectivity index (χ0v) is 13.6. The fraction of sp³-hybridized carbons (Fsp3) is 0.250. The Kier molecular flexibility index (Phi) is 3.89. The number of halogens is 1. The van der Waals surface area contributed by atoms with E-state index < -0.39 is 14.6 Å². The predicted molar refractivity (Wildman–Crippen MR) is 84.9 cm³/mol. The lowest BCUT2D eigenvalue weighted by Gasteiger charge is -2.11. The van der Waals surface area contributed by atoms with Crippen molar-refractivity contribution < 1.29 is 8.42 Å². The molecule has 2 N–H and O–H groups in total.